The van der Waals surface area contributed by atoms with Gasteiger partial charge in [0.15, 0.2) is 11.5 Å². The van der Waals surface area contributed by atoms with Crippen LogP contribution in [0.15, 0.2) is 48.0 Å². The molecule has 2 aromatic carbocycles. The molecule has 2 amide bonds. The number of carbonyl (C=O) groups is 4. The van der Waals surface area contributed by atoms with Crippen LogP contribution in [0.3, 0.4) is 0 Å². The topological polar surface area (TPSA) is 123 Å². The minimum Gasteiger partial charge on any atom is -0.490 e. The maximum absolute atomic E-state index is 13.4. The molecule has 0 saturated heterocycles. The number of hydrogen-bond acceptors (Lipinski definition) is 8. The number of benzene rings is 2. The number of ether oxygens (including phenoxy) is 3. The number of nitrogens with zero attached hydrogens (tertiary/aromatic N) is 2. The summed E-state index contributed by atoms with van der Waals surface area (Å²) in [6, 6.07) is 11.6. The molecular weight excluding hydrogens is 476 g/mol. The molecule has 2 aromatic rings. The molecule has 9 nitrogen and oxygen atoms in total. The van der Waals surface area contributed by atoms with Gasteiger partial charge >= 0.3 is 11.9 Å². The third kappa shape index (κ3) is 6.04. The average Bonchev–Trinajstić information content (AvgIpc) is 3.12. The van der Waals surface area contributed by atoms with E-state index in [0.717, 1.165) is 4.90 Å². The molecule has 1 aliphatic heterocycles. The van der Waals surface area contributed by atoms with Crippen molar-refractivity contribution >= 4 is 29.8 Å². The highest BCUT2D eigenvalue weighted by Gasteiger charge is 2.43. The van der Waals surface area contributed by atoms with E-state index in [0.29, 0.717) is 5.56 Å². The second kappa shape index (κ2) is 12.0. The molecule has 0 bridgehead atoms. The Labute approximate surface area is 215 Å². The zero-order valence-corrected chi connectivity index (χ0v) is 21.1. The fourth-order valence-corrected chi connectivity index (χ4v) is 3.90. The van der Waals surface area contributed by atoms with E-state index in [-0.39, 0.29) is 53.8 Å². The first-order chi connectivity index (χ1) is 17.7. The molecule has 3 rings (SSSR count). The highest BCUT2D eigenvalue weighted by molar-refractivity contribution is 6.22. The normalized spacial score (nSPS) is 13.7. The predicted molar refractivity (Wildman–Crippen MR) is 134 cm³/mol. The van der Waals surface area contributed by atoms with Crippen molar-refractivity contribution in [3.05, 3.63) is 64.7 Å². The third-order valence-electron chi connectivity index (χ3n) is 5.51. The first kappa shape index (κ1) is 27.1. The minimum absolute atomic E-state index is 0.0204. The molecule has 192 valence electrons. The molecule has 0 aliphatic carbocycles. The minimum atomic E-state index is -1.14. The van der Waals surface area contributed by atoms with Gasteiger partial charge in [-0.25, -0.2) is 9.59 Å². The molecular formula is C28H28N2O7. The Kier molecular flexibility index (Phi) is 8.80. The van der Waals surface area contributed by atoms with Crippen LogP contribution in [-0.2, 0) is 14.3 Å². The third-order valence-corrected chi connectivity index (χ3v) is 5.51. The Morgan fingerprint density at radius 2 is 1.65 bits per heavy atom. The van der Waals surface area contributed by atoms with Crippen molar-refractivity contribution in [3.63, 3.8) is 0 Å². The largest absolute Gasteiger partial charge is 0.490 e. The highest BCUT2D eigenvalue weighted by atomic mass is 16.6. The molecule has 9 heteroatoms. The van der Waals surface area contributed by atoms with Crippen molar-refractivity contribution in [3.8, 4) is 17.6 Å². The van der Waals surface area contributed by atoms with Gasteiger partial charge in [-0.3, -0.25) is 14.5 Å². The number of rotatable bonds is 10. The quantitative estimate of drug-likeness (QED) is 0.155. The summed E-state index contributed by atoms with van der Waals surface area (Å²) in [5, 5.41) is 9.30. The summed E-state index contributed by atoms with van der Waals surface area (Å²) in [6.45, 7) is 7.50. The number of carbonyl (C=O) groups excluding carboxylic acids is 4. The van der Waals surface area contributed by atoms with Gasteiger partial charge in [0.25, 0.3) is 11.8 Å². The Morgan fingerprint density at radius 1 is 1.00 bits per heavy atom. The van der Waals surface area contributed by atoms with Gasteiger partial charge in [-0.15, -0.1) is 0 Å². The molecule has 1 unspecified atom stereocenters. The van der Waals surface area contributed by atoms with E-state index in [4.69, 9.17) is 14.2 Å². The van der Waals surface area contributed by atoms with Gasteiger partial charge in [-0.1, -0.05) is 32.0 Å². The van der Waals surface area contributed by atoms with E-state index in [1.165, 1.54) is 18.2 Å². The molecule has 37 heavy (non-hydrogen) atoms. The molecule has 0 saturated carbocycles. The van der Waals surface area contributed by atoms with Crippen LogP contribution in [0.4, 0.5) is 0 Å². The second-order valence-electron chi connectivity index (χ2n) is 8.62. The van der Waals surface area contributed by atoms with E-state index in [1.807, 2.05) is 13.8 Å². The van der Waals surface area contributed by atoms with Crippen LogP contribution in [-0.4, -0.2) is 47.9 Å². The fourth-order valence-electron chi connectivity index (χ4n) is 3.90. The van der Waals surface area contributed by atoms with E-state index >= 15 is 0 Å². The highest BCUT2D eigenvalue weighted by Crippen LogP contribution is 2.32. The van der Waals surface area contributed by atoms with E-state index in [2.05, 4.69) is 0 Å². The van der Waals surface area contributed by atoms with Gasteiger partial charge in [-0.2, -0.15) is 5.26 Å². The van der Waals surface area contributed by atoms with Crippen molar-refractivity contribution < 1.29 is 33.4 Å². The van der Waals surface area contributed by atoms with Crippen molar-refractivity contribution in [2.75, 3.05) is 13.2 Å². The molecule has 1 aliphatic rings. The number of fused-ring (bicyclic) bond motifs is 1. The fraction of sp³-hybridized carbons (Fsp3) is 0.321. The summed E-state index contributed by atoms with van der Waals surface area (Å²) >= 11 is 0. The SMILES string of the molecule is CCOC(=O)/C(C#N)=C/c1ccc(OC(=O)C(CC(C)C)N2C(=O)c3ccccc3C2=O)c(OCC)c1. The molecule has 0 aromatic heterocycles. The van der Waals surface area contributed by atoms with Crippen LogP contribution in [0.25, 0.3) is 6.08 Å². The van der Waals surface area contributed by atoms with Crippen molar-refractivity contribution in [2.45, 2.75) is 40.2 Å². The van der Waals surface area contributed by atoms with Crippen LogP contribution < -0.4 is 9.47 Å². The van der Waals surface area contributed by atoms with Crippen LogP contribution in [0.1, 0.15) is 60.4 Å². The first-order valence-electron chi connectivity index (χ1n) is 12.0. The standard InChI is InChI=1S/C28H28N2O7/c1-5-35-24-15-18(14-19(16-29)27(33)36-6-2)11-12-23(24)37-28(34)22(13-17(3)4)30-25(31)20-9-7-8-10-21(20)26(30)32/h7-12,14-15,17,22H,5-6,13H2,1-4H3/b19-14+. The second-order valence-corrected chi connectivity index (χ2v) is 8.62. The van der Waals surface area contributed by atoms with Crippen molar-refractivity contribution in [2.24, 2.45) is 5.92 Å². The number of imide groups is 1. The lowest BCUT2D eigenvalue weighted by Crippen LogP contribution is -2.47. The van der Waals surface area contributed by atoms with Gasteiger partial charge in [0, 0.05) is 0 Å². The van der Waals surface area contributed by atoms with E-state index < -0.39 is 29.8 Å². The number of hydrogen-bond donors (Lipinski definition) is 0. The first-order valence-corrected chi connectivity index (χ1v) is 12.0. The average molecular weight is 505 g/mol. The Bertz CT molecular complexity index is 1250. The summed E-state index contributed by atoms with van der Waals surface area (Å²) in [5.74, 6) is -2.38. The zero-order chi connectivity index (χ0) is 27.1. The Hall–Kier alpha value is -4.45. The van der Waals surface area contributed by atoms with Gasteiger partial charge in [0.1, 0.15) is 17.7 Å². The van der Waals surface area contributed by atoms with Gasteiger partial charge in [-0.05, 0) is 62.1 Å². The monoisotopic (exact) mass is 504 g/mol. The van der Waals surface area contributed by atoms with Crippen molar-refractivity contribution in [1.29, 1.82) is 5.26 Å². The molecule has 1 atom stereocenters. The maximum Gasteiger partial charge on any atom is 0.348 e. The lowest BCUT2D eigenvalue weighted by molar-refractivity contribution is -0.139. The summed E-state index contributed by atoms with van der Waals surface area (Å²) in [7, 11) is 0. The summed E-state index contributed by atoms with van der Waals surface area (Å²) in [4.78, 5) is 52.3. The molecule has 0 radical (unpaired) electrons. The Balaban J connectivity index is 1.92. The van der Waals surface area contributed by atoms with Crippen LogP contribution in [0.2, 0.25) is 0 Å². The number of amides is 2. The molecule has 0 fully saturated rings. The summed E-state index contributed by atoms with van der Waals surface area (Å²) in [5.41, 5.74) is 0.744. The van der Waals surface area contributed by atoms with Gasteiger partial charge < -0.3 is 14.2 Å². The van der Waals surface area contributed by atoms with E-state index in [9.17, 15) is 24.4 Å². The summed E-state index contributed by atoms with van der Waals surface area (Å²) < 4.78 is 16.2. The molecule has 0 spiro atoms. The number of nitriles is 1. The Morgan fingerprint density at radius 3 is 2.19 bits per heavy atom. The van der Waals surface area contributed by atoms with E-state index in [1.54, 1.807) is 50.2 Å². The van der Waals surface area contributed by atoms with Gasteiger partial charge in [0.05, 0.1) is 24.3 Å². The summed E-state index contributed by atoms with van der Waals surface area (Å²) in [6.07, 6.45) is 1.55. The molecule has 1 heterocycles. The van der Waals surface area contributed by atoms with Crippen LogP contribution in [0, 0.1) is 17.2 Å². The lowest BCUT2D eigenvalue weighted by Gasteiger charge is -2.26. The predicted octanol–water partition coefficient (Wildman–Crippen LogP) is 4.17. The van der Waals surface area contributed by atoms with Gasteiger partial charge in [0.2, 0.25) is 0 Å². The zero-order valence-electron chi connectivity index (χ0n) is 21.1. The maximum atomic E-state index is 13.4. The molecule has 0 N–H and O–H groups in total. The van der Waals surface area contributed by atoms with Crippen molar-refractivity contribution in [1.82, 2.24) is 4.90 Å². The van der Waals surface area contributed by atoms with Crippen LogP contribution >= 0.6 is 0 Å². The smallest absolute Gasteiger partial charge is 0.348 e. The van der Waals surface area contributed by atoms with Crippen LogP contribution in [0.5, 0.6) is 11.5 Å². The number of esters is 2. The lowest BCUT2D eigenvalue weighted by atomic mass is 10.0.